The summed E-state index contributed by atoms with van der Waals surface area (Å²) in [4.78, 5) is 14.3. The lowest BCUT2D eigenvalue weighted by Crippen LogP contribution is -2.37. The Balaban J connectivity index is 1.68. The van der Waals surface area contributed by atoms with Gasteiger partial charge in [-0.05, 0) is 38.0 Å². The van der Waals surface area contributed by atoms with Crippen LogP contribution in [0.25, 0.3) is 0 Å². The Bertz CT molecular complexity index is 691. The van der Waals surface area contributed by atoms with Gasteiger partial charge in [-0.1, -0.05) is 12.1 Å². The second kappa shape index (κ2) is 5.83. The molecule has 0 bridgehead atoms. The van der Waals surface area contributed by atoms with Crippen molar-refractivity contribution in [1.29, 1.82) is 0 Å². The summed E-state index contributed by atoms with van der Waals surface area (Å²) in [5, 5.41) is 14.3. The molecule has 5 nitrogen and oxygen atoms in total. The fourth-order valence-electron chi connectivity index (χ4n) is 2.83. The van der Waals surface area contributed by atoms with Crippen LogP contribution >= 0.6 is 0 Å². The van der Waals surface area contributed by atoms with Gasteiger partial charge in [0.1, 0.15) is 5.75 Å². The van der Waals surface area contributed by atoms with Crippen LogP contribution in [0.1, 0.15) is 36.7 Å². The van der Waals surface area contributed by atoms with Crippen LogP contribution in [0.3, 0.4) is 0 Å². The van der Waals surface area contributed by atoms with Crippen LogP contribution in [0, 0.1) is 0 Å². The van der Waals surface area contributed by atoms with Gasteiger partial charge in [-0.3, -0.25) is 9.48 Å². The molecule has 1 aromatic heterocycles. The summed E-state index contributed by atoms with van der Waals surface area (Å²) in [7, 11) is 0. The van der Waals surface area contributed by atoms with E-state index in [9.17, 15) is 9.90 Å². The topological polar surface area (TPSA) is 58.4 Å². The van der Waals surface area contributed by atoms with E-state index in [0.717, 1.165) is 16.8 Å². The van der Waals surface area contributed by atoms with Crippen LogP contribution < -0.4 is 0 Å². The molecule has 22 heavy (non-hydrogen) atoms. The average Bonchev–Trinajstić information content (AvgIpc) is 2.96. The molecule has 0 atom stereocenters. The summed E-state index contributed by atoms with van der Waals surface area (Å²) >= 11 is 0. The van der Waals surface area contributed by atoms with Crippen molar-refractivity contribution in [2.24, 2.45) is 0 Å². The lowest BCUT2D eigenvalue weighted by atomic mass is 9.98. The van der Waals surface area contributed by atoms with E-state index in [0.29, 0.717) is 37.7 Å². The van der Waals surface area contributed by atoms with Crippen molar-refractivity contribution < 1.29 is 9.90 Å². The van der Waals surface area contributed by atoms with Gasteiger partial charge in [-0.25, -0.2) is 0 Å². The number of carbonyl (C=O) groups is 1. The van der Waals surface area contributed by atoms with E-state index in [4.69, 9.17) is 0 Å². The highest BCUT2D eigenvalue weighted by atomic mass is 16.3. The Kier molecular flexibility index (Phi) is 3.88. The molecule has 0 aliphatic carbocycles. The molecule has 0 saturated carbocycles. The minimum Gasteiger partial charge on any atom is -0.508 e. The molecular weight excluding hydrogens is 278 g/mol. The van der Waals surface area contributed by atoms with E-state index in [2.05, 4.69) is 18.9 Å². The second-order valence-corrected chi connectivity index (χ2v) is 6.04. The minimum absolute atomic E-state index is 0.0861. The lowest BCUT2D eigenvalue weighted by Gasteiger charge is -2.29. The van der Waals surface area contributed by atoms with E-state index in [1.807, 2.05) is 34.0 Å². The van der Waals surface area contributed by atoms with Gasteiger partial charge in [0, 0.05) is 30.9 Å². The number of hydrogen-bond acceptors (Lipinski definition) is 3. The zero-order chi connectivity index (χ0) is 15.7. The second-order valence-electron chi connectivity index (χ2n) is 6.04. The Morgan fingerprint density at radius 1 is 1.36 bits per heavy atom. The molecule has 1 aliphatic heterocycles. The molecule has 0 spiro atoms. The maximum absolute atomic E-state index is 12.5. The van der Waals surface area contributed by atoms with Gasteiger partial charge in [0.05, 0.1) is 12.1 Å². The van der Waals surface area contributed by atoms with Gasteiger partial charge in [0.2, 0.25) is 5.91 Å². The first kappa shape index (κ1) is 14.6. The van der Waals surface area contributed by atoms with Crippen molar-refractivity contribution in [2.75, 3.05) is 6.54 Å². The molecule has 0 radical (unpaired) electrons. The SMILES string of the molecule is CC(C)n1ccc(CC(=O)N2CCc3c(O)cccc3C2)n1. The number of fused-ring (bicyclic) bond motifs is 1. The number of phenolic OH excluding ortho intramolecular Hbond substituents is 1. The average molecular weight is 299 g/mol. The van der Waals surface area contributed by atoms with Crippen LogP contribution in [0.15, 0.2) is 30.5 Å². The number of amides is 1. The fourth-order valence-corrected chi connectivity index (χ4v) is 2.83. The van der Waals surface area contributed by atoms with Crippen molar-refractivity contribution >= 4 is 5.91 Å². The predicted molar refractivity (Wildman–Crippen MR) is 83.5 cm³/mol. The molecule has 3 rings (SSSR count). The summed E-state index contributed by atoms with van der Waals surface area (Å²) in [6.07, 6.45) is 2.94. The highest BCUT2D eigenvalue weighted by molar-refractivity contribution is 5.78. The Morgan fingerprint density at radius 2 is 2.18 bits per heavy atom. The number of rotatable bonds is 3. The molecule has 5 heteroatoms. The van der Waals surface area contributed by atoms with Crippen molar-refractivity contribution in [2.45, 2.75) is 39.3 Å². The van der Waals surface area contributed by atoms with Gasteiger partial charge in [0.25, 0.3) is 0 Å². The molecule has 2 heterocycles. The zero-order valence-electron chi connectivity index (χ0n) is 13.0. The summed E-state index contributed by atoms with van der Waals surface area (Å²) in [5.74, 6) is 0.420. The molecule has 1 amide bonds. The third kappa shape index (κ3) is 2.84. The maximum atomic E-state index is 12.5. The third-order valence-corrected chi connectivity index (χ3v) is 4.12. The highest BCUT2D eigenvalue weighted by Crippen LogP contribution is 2.27. The summed E-state index contributed by atoms with van der Waals surface area (Å²) < 4.78 is 1.87. The van der Waals surface area contributed by atoms with Crippen LogP contribution in [-0.2, 0) is 24.2 Å². The van der Waals surface area contributed by atoms with Crippen molar-refractivity contribution in [3.05, 3.63) is 47.3 Å². The number of benzene rings is 1. The molecule has 116 valence electrons. The van der Waals surface area contributed by atoms with E-state index in [1.165, 1.54) is 0 Å². The van der Waals surface area contributed by atoms with Gasteiger partial charge >= 0.3 is 0 Å². The standard InChI is InChI=1S/C17H21N3O2/c1-12(2)20-9-6-14(18-20)10-17(22)19-8-7-15-13(11-19)4-3-5-16(15)21/h3-6,9,12,21H,7-8,10-11H2,1-2H3. The van der Waals surface area contributed by atoms with Gasteiger partial charge in [-0.2, -0.15) is 5.10 Å². The Labute approximate surface area is 130 Å². The first-order chi connectivity index (χ1) is 10.5. The number of carbonyl (C=O) groups excluding carboxylic acids is 1. The van der Waals surface area contributed by atoms with Gasteiger partial charge in [-0.15, -0.1) is 0 Å². The molecule has 0 unspecified atom stereocenters. The molecular formula is C17H21N3O2. The summed E-state index contributed by atoms with van der Waals surface area (Å²) in [6, 6.07) is 7.71. The van der Waals surface area contributed by atoms with E-state index in [1.54, 1.807) is 6.07 Å². The predicted octanol–water partition coefficient (Wildman–Crippen LogP) is 2.30. The number of nitrogens with zero attached hydrogens (tertiary/aromatic N) is 3. The molecule has 1 aromatic carbocycles. The molecule has 1 N–H and O–H groups in total. The monoisotopic (exact) mass is 299 g/mol. The number of aromatic hydroxyl groups is 1. The van der Waals surface area contributed by atoms with Crippen LogP contribution in [0.4, 0.5) is 0 Å². The van der Waals surface area contributed by atoms with E-state index in [-0.39, 0.29) is 5.91 Å². The van der Waals surface area contributed by atoms with E-state index >= 15 is 0 Å². The van der Waals surface area contributed by atoms with E-state index < -0.39 is 0 Å². The molecule has 1 aliphatic rings. The number of hydrogen-bond donors (Lipinski definition) is 1. The molecule has 2 aromatic rings. The minimum atomic E-state index is 0.0861. The molecule has 0 fully saturated rings. The van der Waals surface area contributed by atoms with Gasteiger partial charge in [0.15, 0.2) is 0 Å². The normalized spacial score (nSPS) is 14.2. The third-order valence-electron chi connectivity index (χ3n) is 4.12. The van der Waals surface area contributed by atoms with Crippen molar-refractivity contribution in [3.63, 3.8) is 0 Å². The zero-order valence-corrected chi connectivity index (χ0v) is 13.0. The van der Waals surface area contributed by atoms with Crippen LogP contribution in [0.5, 0.6) is 5.75 Å². The maximum Gasteiger partial charge on any atom is 0.228 e. The quantitative estimate of drug-likeness (QED) is 0.946. The first-order valence-corrected chi connectivity index (χ1v) is 7.66. The van der Waals surface area contributed by atoms with Crippen LogP contribution in [0.2, 0.25) is 0 Å². The highest BCUT2D eigenvalue weighted by Gasteiger charge is 2.23. The fraction of sp³-hybridized carbons (Fsp3) is 0.412. The lowest BCUT2D eigenvalue weighted by molar-refractivity contribution is -0.131. The van der Waals surface area contributed by atoms with Crippen molar-refractivity contribution in [1.82, 2.24) is 14.7 Å². The molecule has 0 saturated heterocycles. The smallest absolute Gasteiger partial charge is 0.228 e. The largest absolute Gasteiger partial charge is 0.508 e. The number of aromatic nitrogens is 2. The first-order valence-electron chi connectivity index (χ1n) is 7.66. The Morgan fingerprint density at radius 3 is 2.91 bits per heavy atom. The summed E-state index contributed by atoms with van der Waals surface area (Å²) in [6.45, 7) is 5.33. The number of phenols is 1. The summed E-state index contributed by atoms with van der Waals surface area (Å²) in [5.41, 5.74) is 2.81. The van der Waals surface area contributed by atoms with Gasteiger partial charge < -0.3 is 10.0 Å². The van der Waals surface area contributed by atoms with Crippen LogP contribution in [-0.4, -0.2) is 32.2 Å². The van der Waals surface area contributed by atoms with Crippen molar-refractivity contribution in [3.8, 4) is 5.75 Å². The Hall–Kier alpha value is -2.30.